The number of rotatable bonds is 9. The molecule has 1 amide bonds. The van der Waals surface area contributed by atoms with Crippen molar-refractivity contribution in [2.75, 3.05) is 13.2 Å². The molecule has 3 heterocycles. The fourth-order valence-corrected chi connectivity index (χ4v) is 6.14. The van der Waals surface area contributed by atoms with Gasteiger partial charge in [0, 0.05) is 19.8 Å². The molecule has 1 fully saturated rings. The summed E-state index contributed by atoms with van der Waals surface area (Å²) in [7, 11) is -2.26. The van der Waals surface area contributed by atoms with Crippen molar-refractivity contribution >= 4 is 38.4 Å². The Labute approximate surface area is 212 Å². The third-order valence-corrected chi connectivity index (χ3v) is 9.89. The Morgan fingerprint density at radius 3 is 2.61 bits per heavy atom. The van der Waals surface area contributed by atoms with Gasteiger partial charge in [0.1, 0.15) is 33.9 Å². The summed E-state index contributed by atoms with van der Waals surface area (Å²) >= 11 is 5.77. The van der Waals surface area contributed by atoms with Crippen LogP contribution in [0.2, 0.25) is 5.15 Å². The Morgan fingerprint density at radius 2 is 2.00 bits per heavy atom. The van der Waals surface area contributed by atoms with Crippen molar-refractivity contribution in [1.82, 2.24) is 24.8 Å². The van der Waals surface area contributed by atoms with E-state index < -0.39 is 37.4 Å². The lowest BCUT2D eigenvalue weighted by Gasteiger charge is -2.28. The van der Waals surface area contributed by atoms with E-state index in [0.29, 0.717) is 23.6 Å². The van der Waals surface area contributed by atoms with E-state index in [1.165, 1.54) is 44.1 Å². The highest BCUT2D eigenvalue weighted by atomic mass is 35.5. The van der Waals surface area contributed by atoms with Crippen molar-refractivity contribution in [2.45, 2.75) is 42.7 Å². The Bertz CT molecular complexity index is 1480. The molecule has 2 N–H and O–H groups in total. The maximum absolute atomic E-state index is 13.1. The fraction of sp³-hybridized carbons (Fsp3) is 0.435. The number of aromatic nitrogens is 4. The van der Waals surface area contributed by atoms with Crippen molar-refractivity contribution in [3.8, 4) is 5.88 Å². The summed E-state index contributed by atoms with van der Waals surface area (Å²) in [6, 6.07) is 4.65. The van der Waals surface area contributed by atoms with E-state index in [1.54, 1.807) is 12.1 Å². The molecule has 0 unspecified atom stereocenters. The Balaban J connectivity index is 1.59. The minimum absolute atomic E-state index is 0.0297. The zero-order chi connectivity index (χ0) is 26.3. The predicted molar refractivity (Wildman–Crippen MR) is 133 cm³/mol. The molecule has 0 atom stereocenters. The Hall–Kier alpha value is -3.09. The second-order valence-electron chi connectivity index (χ2n) is 9.40. The number of halogens is 1. The summed E-state index contributed by atoms with van der Waals surface area (Å²) in [5, 5.41) is 12.6. The van der Waals surface area contributed by atoms with E-state index in [9.17, 15) is 23.1 Å². The molecule has 0 aliphatic heterocycles. The number of sulfone groups is 1. The summed E-state index contributed by atoms with van der Waals surface area (Å²) in [4.78, 5) is 38.0. The second-order valence-corrected chi connectivity index (χ2v) is 12.8. The van der Waals surface area contributed by atoms with Crippen molar-refractivity contribution in [3.05, 3.63) is 57.4 Å². The normalized spacial score (nSPS) is 15.0. The predicted octanol–water partition coefficient (Wildman–Crippen LogP) is 1.40. The van der Waals surface area contributed by atoms with E-state index in [4.69, 9.17) is 16.3 Å². The SMILES string of the molecule is Cn1c(=O)c(C(=O)NCc2ccc(Cl)nc2)cc2ncnc(OCC3(S(=O)(=O)C(C)(C)CO)CC3)c21. The number of nitrogens with zero attached hydrogens (tertiary/aromatic N) is 4. The largest absolute Gasteiger partial charge is 0.474 e. The number of carbonyl (C=O) groups is 1. The highest BCUT2D eigenvalue weighted by Crippen LogP contribution is 2.48. The zero-order valence-corrected chi connectivity index (χ0v) is 21.6. The van der Waals surface area contributed by atoms with Crippen LogP contribution in [0.4, 0.5) is 0 Å². The number of amides is 1. The van der Waals surface area contributed by atoms with Gasteiger partial charge >= 0.3 is 0 Å². The number of nitrogens with one attached hydrogen (secondary N) is 1. The molecule has 1 aliphatic carbocycles. The Morgan fingerprint density at radius 1 is 1.28 bits per heavy atom. The molecule has 3 aromatic rings. The van der Waals surface area contributed by atoms with Crippen molar-refractivity contribution in [3.63, 3.8) is 0 Å². The van der Waals surface area contributed by atoms with Crippen LogP contribution in [0.25, 0.3) is 11.0 Å². The van der Waals surface area contributed by atoms with Gasteiger partial charge < -0.3 is 19.7 Å². The van der Waals surface area contributed by atoms with Gasteiger partial charge in [-0.1, -0.05) is 17.7 Å². The molecule has 0 spiro atoms. The van der Waals surface area contributed by atoms with Gasteiger partial charge in [-0.2, -0.15) is 4.98 Å². The van der Waals surface area contributed by atoms with E-state index in [-0.39, 0.29) is 35.6 Å². The summed E-state index contributed by atoms with van der Waals surface area (Å²) in [5.41, 5.74) is 0.502. The molecule has 0 radical (unpaired) electrons. The van der Waals surface area contributed by atoms with Crippen LogP contribution in [-0.2, 0) is 23.4 Å². The van der Waals surface area contributed by atoms with E-state index in [1.807, 2.05) is 0 Å². The summed E-state index contributed by atoms with van der Waals surface area (Å²) in [6.07, 6.45) is 3.53. The number of pyridine rings is 2. The van der Waals surface area contributed by atoms with Crippen molar-refractivity contribution in [2.24, 2.45) is 7.05 Å². The number of hydrogen-bond acceptors (Lipinski definition) is 9. The molecule has 0 aromatic carbocycles. The van der Waals surface area contributed by atoms with Crippen LogP contribution in [0, 0.1) is 0 Å². The second kappa shape index (κ2) is 9.41. The molecule has 192 valence electrons. The molecule has 0 bridgehead atoms. The highest BCUT2D eigenvalue weighted by molar-refractivity contribution is 7.94. The number of aryl methyl sites for hydroxylation is 1. The minimum Gasteiger partial charge on any atom is -0.474 e. The van der Waals surface area contributed by atoms with Crippen LogP contribution >= 0.6 is 11.6 Å². The van der Waals surface area contributed by atoms with Gasteiger partial charge in [0.05, 0.1) is 16.9 Å². The average molecular weight is 536 g/mol. The molecular formula is C23H26ClN5O6S. The van der Waals surface area contributed by atoms with Crippen LogP contribution in [-0.4, -0.2) is 61.7 Å². The fourth-order valence-electron chi connectivity index (χ4n) is 3.83. The van der Waals surface area contributed by atoms with Gasteiger partial charge in [0.2, 0.25) is 5.88 Å². The first-order valence-corrected chi connectivity index (χ1v) is 13.0. The maximum atomic E-state index is 13.1. The zero-order valence-electron chi connectivity index (χ0n) is 20.0. The van der Waals surface area contributed by atoms with Crippen LogP contribution < -0.4 is 15.6 Å². The van der Waals surface area contributed by atoms with E-state index in [0.717, 1.165) is 0 Å². The van der Waals surface area contributed by atoms with Gasteiger partial charge in [0.25, 0.3) is 11.5 Å². The molecule has 1 saturated carbocycles. The lowest BCUT2D eigenvalue weighted by atomic mass is 10.2. The van der Waals surface area contributed by atoms with Crippen molar-refractivity contribution in [1.29, 1.82) is 0 Å². The smallest absolute Gasteiger partial charge is 0.263 e. The lowest BCUT2D eigenvalue weighted by Crippen LogP contribution is -2.46. The summed E-state index contributed by atoms with van der Waals surface area (Å²) in [5.74, 6) is -0.565. The molecule has 1 aliphatic rings. The summed E-state index contributed by atoms with van der Waals surface area (Å²) < 4.78 is 30.8. The van der Waals surface area contributed by atoms with E-state index >= 15 is 0 Å². The standard InChI is InChI=1S/C23H26ClN5O6S/c1-22(2,11-30)36(33,34)23(6-7-23)12-35-20-18-16(27-13-28-20)8-15(21(32)29(18)3)19(31)26-10-14-4-5-17(24)25-9-14/h4-5,8-9,13,30H,6-7,10-12H2,1-3H3,(H,26,31). The van der Waals surface area contributed by atoms with Gasteiger partial charge in [-0.15, -0.1) is 0 Å². The third-order valence-electron chi connectivity index (χ3n) is 6.41. The van der Waals surface area contributed by atoms with Gasteiger partial charge in [0.15, 0.2) is 9.84 Å². The number of ether oxygens (including phenoxy) is 1. The van der Waals surface area contributed by atoms with Crippen LogP contribution in [0.5, 0.6) is 5.88 Å². The van der Waals surface area contributed by atoms with Gasteiger partial charge in [-0.25, -0.2) is 18.4 Å². The highest BCUT2D eigenvalue weighted by Gasteiger charge is 2.60. The monoisotopic (exact) mass is 535 g/mol. The van der Waals surface area contributed by atoms with Crippen LogP contribution in [0.15, 0.2) is 35.5 Å². The molecular weight excluding hydrogens is 510 g/mol. The van der Waals surface area contributed by atoms with Crippen LogP contribution in [0.1, 0.15) is 42.6 Å². The number of hydrogen-bond donors (Lipinski definition) is 2. The molecule has 0 saturated heterocycles. The quantitative estimate of drug-likeness (QED) is 0.387. The molecule has 4 rings (SSSR count). The first kappa shape index (κ1) is 26.0. The number of carbonyl (C=O) groups excluding carboxylic acids is 1. The minimum atomic E-state index is -3.72. The number of aliphatic hydroxyl groups excluding tert-OH is 1. The first-order valence-electron chi connectivity index (χ1n) is 11.1. The summed E-state index contributed by atoms with van der Waals surface area (Å²) in [6.45, 7) is 2.39. The van der Waals surface area contributed by atoms with Crippen molar-refractivity contribution < 1.29 is 23.1 Å². The topological polar surface area (TPSA) is 153 Å². The van der Waals surface area contributed by atoms with Crippen LogP contribution in [0.3, 0.4) is 0 Å². The maximum Gasteiger partial charge on any atom is 0.263 e. The Kier molecular flexibility index (Phi) is 6.80. The lowest BCUT2D eigenvalue weighted by molar-refractivity contribution is 0.0949. The van der Waals surface area contributed by atoms with Gasteiger partial charge in [-0.3, -0.25) is 9.59 Å². The van der Waals surface area contributed by atoms with E-state index in [2.05, 4.69) is 20.3 Å². The number of aliphatic hydroxyl groups is 1. The third kappa shape index (κ3) is 4.56. The molecule has 3 aromatic heterocycles. The molecule has 11 nitrogen and oxygen atoms in total. The first-order chi connectivity index (χ1) is 16.9. The molecule has 13 heteroatoms. The average Bonchev–Trinajstić information content (AvgIpc) is 3.66. The molecule has 36 heavy (non-hydrogen) atoms. The van der Waals surface area contributed by atoms with Gasteiger partial charge in [-0.05, 0) is 44.4 Å². The number of fused-ring (bicyclic) bond motifs is 1.